The van der Waals surface area contributed by atoms with Crippen molar-refractivity contribution in [2.24, 2.45) is 0 Å². The van der Waals surface area contributed by atoms with Crippen LogP contribution in [0, 0.1) is 11.3 Å². The average Bonchev–Trinajstić information content (AvgIpc) is 2.93. The van der Waals surface area contributed by atoms with Gasteiger partial charge in [0.25, 0.3) is 5.91 Å². The van der Waals surface area contributed by atoms with Gasteiger partial charge in [-0.1, -0.05) is 6.08 Å². The molecule has 4 rings (SSSR count). The third kappa shape index (κ3) is 3.15. The number of halogens is 4. The van der Waals surface area contributed by atoms with Gasteiger partial charge in [-0.15, -0.1) is 0 Å². The molecule has 0 radical (unpaired) electrons. The summed E-state index contributed by atoms with van der Waals surface area (Å²) in [5, 5.41) is 17.9. The highest BCUT2D eigenvalue weighted by molar-refractivity contribution is 7.80. The zero-order chi connectivity index (χ0) is 23.4. The molecule has 1 aromatic rings. The predicted octanol–water partition coefficient (Wildman–Crippen LogP) is 3.46. The molecule has 1 N–H and O–H groups in total. The lowest BCUT2D eigenvalue weighted by Crippen LogP contribution is -2.58. The number of nitrogens with zero attached hydrogens (tertiary/aromatic N) is 4. The standard InChI is InChI=1S/C20H14F4N4O3S/c21-14-7-10(2-3-12(14)16(29)30)28-18(32)27(17(31)19(28)4-1-5-19)11-6-13(20(22,23)24)15(8-25)26-9-11/h2-3,6,9-10H,1,4-5,7H2,(H,29,30). The first-order chi connectivity index (χ1) is 15.0. The number of thiocarbonyl (C=S) groups is 1. The molecule has 12 heteroatoms. The molecule has 1 aromatic heterocycles. The smallest absolute Gasteiger partial charge is 0.419 e. The summed E-state index contributed by atoms with van der Waals surface area (Å²) in [5.41, 5.74) is -4.03. The Morgan fingerprint density at radius 2 is 2.06 bits per heavy atom. The second-order valence-corrected chi connectivity index (χ2v) is 8.00. The Morgan fingerprint density at radius 3 is 2.56 bits per heavy atom. The molecule has 1 aliphatic heterocycles. The van der Waals surface area contributed by atoms with Gasteiger partial charge in [0.15, 0.2) is 10.8 Å². The Morgan fingerprint density at radius 1 is 1.38 bits per heavy atom. The molecule has 1 saturated heterocycles. The highest BCUT2D eigenvalue weighted by Gasteiger charge is 2.60. The van der Waals surface area contributed by atoms with Crippen molar-refractivity contribution in [3.05, 3.63) is 47.1 Å². The maximum absolute atomic E-state index is 14.4. The number of rotatable bonds is 3. The Bertz CT molecular complexity index is 1150. The maximum atomic E-state index is 14.4. The summed E-state index contributed by atoms with van der Waals surface area (Å²) < 4.78 is 54.6. The van der Waals surface area contributed by atoms with Crippen molar-refractivity contribution in [3.8, 4) is 6.07 Å². The van der Waals surface area contributed by atoms with Gasteiger partial charge >= 0.3 is 12.1 Å². The first-order valence-corrected chi connectivity index (χ1v) is 9.87. The van der Waals surface area contributed by atoms with Crippen LogP contribution >= 0.6 is 12.2 Å². The Balaban J connectivity index is 1.75. The van der Waals surface area contributed by atoms with Crippen LogP contribution in [0.4, 0.5) is 23.2 Å². The van der Waals surface area contributed by atoms with Crippen molar-refractivity contribution in [3.63, 3.8) is 0 Å². The van der Waals surface area contributed by atoms with E-state index in [1.165, 1.54) is 17.0 Å². The molecule has 7 nitrogen and oxygen atoms in total. The third-order valence-electron chi connectivity index (χ3n) is 5.91. The van der Waals surface area contributed by atoms with Crippen molar-refractivity contribution in [1.82, 2.24) is 9.88 Å². The Kier molecular flexibility index (Phi) is 5.04. The van der Waals surface area contributed by atoms with Crippen LogP contribution in [-0.4, -0.2) is 43.6 Å². The molecule has 1 atom stereocenters. The molecular formula is C20H14F4N4O3S. The van der Waals surface area contributed by atoms with Gasteiger partial charge < -0.3 is 10.0 Å². The number of carboxylic acid groups (broad SMARTS) is 1. The van der Waals surface area contributed by atoms with Gasteiger partial charge in [0.2, 0.25) is 0 Å². The zero-order valence-corrected chi connectivity index (χ0v) is 17.0. The molecule has 2 aliphatic carbocycles. The van der Waals surface area contributed by atoms with Gasteiger partial charge in [-0.2, -0.15) is 18.4 Å². The van der Waals surface area contributed by atoms with Crippen molar-refractivity contribution in [2.45, 2.75) is 43.4 Å². The van der Waals surface area contributed by atoms with Crippen LogP contribution in [0.3, 0.4) is 0 Å². The van der Waals surface area contributed by atoms with Gasteiger partial charge in [0.05, 0.1) is 29.1 Å². The SMILES string of the molecule is N#Cc1ncc(N2C(=O)C3(CCC3)N(C3C=CC(C(=O)O)=C(F)C3)C2=S)cc1C(F)(F)F. The number of pyridine rings is 1. The number of carbonyl (C=O) groups is 2. The van der Waals surface area contributed by atoms with Gasteiger partial charge in [-0.05, 0) is 43.6 Å². The van der Waals surface area contributed by atoms with Crippen molar-refractivity contribution < 1.29 is 32.3 Å². The molecular weight excluding hydrogens is 452 g/mol. The minimum atomic E-state index is -4.88. The predicted molar refractivity (Wildman–Crippen MR) is 106 cm³/mol. The van der Waals surface area contributed by atoms with Crippen LogP contribution in [0.2, 0.25) is 0 Å². The first kappa shape index (κ1) is 21.9. The molecule has 1 saturated carbocycles. The third-order valence-corrected chi connectivity index (χ3v) is 6.29. The molecule has 1 unspecified atom stereocenters. The number of hydrogen-bond donors (Lipinski definition) is 1. The first-order valence-electron chi connectivity index (χ1n) is 9.46. The van der Waals surface area contributed by atoms with Gasteiger partial charge in [-0.25, -0.2) is 14.2 Å². The summed E-state index contributed by atoms with van der Waals surface area (Å²) in [7, 11) is 0. The fourth-order valence-corrected chi connectivity index (χ4v) is 4.75. The van der Waals surface area contributed by atoms with Crippen molar-refractivity contribution >= 4 is 34.9 Å². The lowest BCUT2D eigenvalue weighted by molar-refractivity contribution is -0.138. The van der Waals surface area contributed by atoms with Crippen LogP contribution < -0.4 is 4.90 Å². The number of carboxylic acids is 1. The second-order valence-electron chi connectivity index (χ2n) is 7.63. The topological polar surface area (TPSA) is 97.5 Å². The monoisotopic (exact) mass is 466 g/mol. The van der Waals surface area contributed by atoms with Crippen LogP contribution in [0.1, 0.15) is 36.9 Å². The lowest BCUT2D eigenvalue weighted by atomic mass is 9.74. The van der Waals surface area contributed by atoms with Crippen molar-refractivity contribution in [1.29, 1.82) is 5.26 Å². The number of anilines is 1. The zero-order valence-electron chi connectivity index (χ0n) is 16.2. The number of aliphatic carboxylic acids is 1. The summed E-state index contributed by atoms with van der Waals surface area (Å²) in [4.78, 5) is 30.4. The van der Waals surface area contributed by atoms with E-state index in [1.807, 2.05) is 0 Å². The molecule has 0 bridgehead atoms. The molecule has 1 amide bonds. The summed E-state index contributed by atoms with van der Waals surface area (Å²) >= 11 is 5.44. The quantitative estimate of drug-likeness (QED) is 0.538. The number of carbonyl (C=O) groups excluding carboxylic acids is 1. The minimum absolute atomic E-state index is 0.129. The molecule has 3 aliphatic rings. The average molecular weight is 466 g/mol. The summed E-state index contributed by atoms with van der Waals surface area (Å²) in [5.74, 6) is -2.87. The summed E-state index contributed by atoms with van der Waals surface area (Å²) in [6, 6.07) is 1.24. The number of aromatic nitrogens is 1. The lowest BCUT2D eigenvalue weighted by Gasteiger charge is -2.46. The van der Waals surface area contributed by atoms with Gasteiger partial charge in [-0.3, -0.25) is 9.69 Å². The van der Waals surface area contributed by atoms with Crippen molar-refractivity contribution in [2.75, 3.05) is 4.90 Å². The second kappa shape index (κ2) is 7.37. The minimum Gasteiger partial charge on any atom is -0.478 e. The van der Waals surface area contributed by atoms with E-state index in [-0.39, 0.29) is 17.2 Å². The normalized spacial score (nSPS) is 22.4. The Hall–Kier alpha value is -3.33. The van der Waals surface area contributed by atoms with E-state index in [9.17, 15) is 27.2 Å². The number of nitriles is 1. The number of amides is 1. The van der Waals surface area contributed by atoms with Crippen LogP contribution in [0.15, 0.2) is 35.8 Å². The van der Waals surface area contributed by atoms with E-state index in [0.717, 1.165) is 17.2 Å². The van der Waals surface area contributed by atoms with E-state index in [2.05, 4.69) is 4.98 Å². The molecule has 2 heterocycles. The fraction of sp³-hybridized carbons (Fsp3) is 0.350. The number of hydrogen-bond acceptors (Lipinski definition) is 5. The highest BCUT2D eigenvalue weighted by atomic mass is 32.1. The van der Waals surface area contributed by atoms with E-state index >= 15 is 0 Å². The summed E-state index contributed by atoms with van der Waals surface area (Å²) in [6.07, 6.45) is -0.354. The van der Waals surface area contributed by atoms with Gasteiger partial charge in [0.1, 0.15) is 17.4 Å². The summed E-state index contributed by atoms with van der Waals surface area (Å²) in [6.45, 7) is 0. The fourth-order valence-electron chi connectivity index (χ4n) is 4.25. The molecule has 1 spiro atoms. The molecule has 32 heavy (non-hydrogen) atoms. The Labute approximate surface area is 184 Å². The number of alkyl halides is 3. The van der Waals surface area contributed by atoms with E-state index in [0.29, 0.717) is 25.3 Å². The van der Waals surface area contributed by atoms with Crippen LogP contribution in [0.25, 0.3) is 0 Å². The molecule has 2 fully saturated rings. The molecule has 166 valence electrons. The molecule has 0 aromatic carbocycles. The van der Waals surface area contributed by atoms with Gasteiger partial charge in [0, 0.05) is 6.42 Å². The highest BCUT2D eigenvalue weighted by Crippen LogP contribution is 2.48. The van der Waals surface area contributed by atoms with E-state index < -0.39 is 52.3 Å². The van der Waals surface area contributed by atoms with E-state index in [4.69, 9.17) is 22.6 Å². The maximum Gasteiger partial charge on any atom is 0.419 e. The van der Waals surface area contributed by atoms with Crippen LogP contribution in [-0.2, 0) is 15.8 Å². The largest absolute Gasteiger partial charge is 0.478 e. The van der Waals surface area contributed by atoms with E-state index in [1.54, 1.807) is 0 Å². The van der Waals surface area contributed by atoms with Crippen LogP contribution in [0.5, 0.6) is 0 Å².